The van der Waals surface area contributed by atoms with E-state index >= 15 is 0 Å². The van der Waals surface area contributed by atoms with Crippen molar-refractivity contribution < 1.29 is 5.11 Å². The molecule has 0 aromatic heterocycles. The number of hydrogen-bond donors (Lipinski definition) is 2. The van der Waals surface area contributed by atoms with E-state index in [0.717, 1.165) is 6.42 Å². The molecular formula is C7H15NO. The standard InChI is InChI=1S/C7H15NO/c8-5-4-7(9)6-2-1-3-6/h6-7,9H,1-5,8H2. The van der Waals surface area contributed by atoms with Crippen molar-refractivity contribution in [3.8, 4) is 0 Å². The summed E-state index contributed by atoms with van der Waals surface area (Å²) in [5, 5.41) is 9.29. The molecule has 0 spiro atoms. The molecular weight excluding hydrogens is 114 g/mol. The topological polar surface area (TPSA) is 46.2 Å². The van der Waals surface area contributed by atoms with Gasteiger partial charge in [0.2, 0.25) is 0 Å². The highest BCUT2D eigenvalue weighted by Gasteiger charge is 2.24. The summed E-state index contributed by atoms with van der Waals surface area (Å²) in [5.74, 6) is 0.577. The maximum atomic E-state index is 9.29. The maximum absolute atomic E-state index is 9.29. The van der Waals surface area contributed by atoms with E-state index < -0.39 is 0 Å². The first kappa shape index (κ1) is 7.03. The Labute approximate surface area is 56.1 Å². The minimum atomic E-state index is -0.108. The van der Waals surface area contributed by atoms with Gasteiger partial charge in [0.15, 0.2) is 0 Å². The Balaban J connectivity index is 2.08. The van der Waals surface area contributed by atoms with Gasteiger partial charge in [-0.3, -0.25) is 0 Å². The molecule has 0 bridgehead atoms. The van der Waals surface area contributed by atoms with E-state index in [1.807, 2.05) is 0 Å². The van der Waals surface area contributed by atoms with Crippen molar-refractivity contribution in [3.05, 3.63) is 0 Å². The van der Waals surface area contributed by atoms with E-state index in [9.17, 15) is 5.11 Å². The highest BCUT2D eigenvalue weighted by molar-refractivity contribution is 4.76. The molecule has 1 rings (SSSR count). The second-order valence-electron chi connectivity index (χ2n) is 2.84. The number of hydrogen-bond acceptors (Lipinski definition) is 2. The number of aliphatic hydroxyl groups excluding tert-OH is 1. The minimum Gasteiger partial charge on any atom is -0.393 e. The summed E-state index contributed by atoms with van der Waals surface area (Å²) in [5.41, 5.74) is 5.29. The Morgan fingerprint density at radius 2 is 2.22 bits per heavy atom. The van der Waals surface area contributed by atoms with E-state index in [4.69, 9.17) is 5.73 Å². The van der Waals surface area contributed by atoms with E-state index in [1.165, 1.54) is 19.3 Å². The Kier molecular flexibility index (Phi) is 2.49. The van der Waals surface area contributed by atoms with E-state index in [2.05, 4.69) is 0 Å². The first-order chi connectivity index (χ1) is 4.34. The van der Waals surface area contributed by atoms with Gasteiger partial charge in [-0.2, -0.15) is 0 Å². The summed E-state index contributed by atoms with van der Waals surface area (Å²) in [6.07, 6.45) is 4.39. The van der Waals surface area contributed by atoms with Crippen LogP contribution in [0.3, 0.4) is 0 Å². The fraction of sp³-hybridized carbons (Fsp3) is 1.00. The van der Waals surface area contributed by atoms with Crippen LogP contribution >= 0.6 is 0 Å². The van der Waals surface area contributed by atoms with Gasteiger partial charge in [0.05, 0.1) is 6.10 Å². The molecule has 2 heteroatoms. The van der Waals surface area contributed by atoms with Gasteiger partial charge in [-0.25, -0.2) is 0 Å². The predicted octanol–water partition coefficient (Wildman–Crippen LogP) is 0.496. The van der Waals surface area contributed by atoms with Crippen molar-refractivity contribution >= 4 is 0 Å². The van der Waals surface area contributed by atoms with Crippen LogP contribution in [0, 0.1) is 5.92 Å². The molecule has 0 aliphatic heterocycles. The molecule has 0 saturated heterocycles. The normalized spacial score (nSPS) is 23.3. The number of aliphatic hydroxyl groups is 1. The monoisotopic (exact) mass is 129 g/mol. The Morgan fingerprint density at radius 3 is 2.56 bits per heavy atom. The van der Waals surface area contributed by atoms with Crippen LogP contribution in [-0.4, -0.2) is 17.8 Å². The van der Waals surface area contributed by atoms with E-state index in [1.54, 1.807) is 0 Å². The number of rotatable bonds is 3. The fourth-order valence-electron chi connectivity index (χ4n) is 1.23. The molecule has 0 amide bonds. The zero-order chi connectivity index (χ0) is 6.69. The van der Waals surface area contributed by atoms with Gasteiger partial charge < -0.3 is 10.8 Å². The van der Waals surface area contributed by atoms with Crippen LogP contribution in [0.15, 0.2) is 0 Å². The Hall–Kier alpha value is -0.0800. The molecule has 0 radical (unpaired) electrons. The Bertz CT molecular complexity index is 81.0. The van der Waals surface area contributed by atoms with Gasteiger partial charge in [-0.1, -0.05) is 6.42 Å². The molecule has 1 saturated carbocycles. The van der Waals surface area contributed by atoms with Crippen LogP contribution in [0.4, 0.5) is 0 Å². The average Bonchev–Trinajstić information content (AvgIpc) is 1.60. The fourth-order valence-corrected chi connectivity index (χ4v) is 1.23. The Morgan fingerprint density at radius 1 is 1.56 bits per heavy atom. The maximum Gasteiger partial charge on any atom is 0.0580 e. The largest absolute Gasteiger partial charge is 0.393 e. The van der Waals surface area contributed by atoms with Gasteiger partial charge in [-0.15, -0.1) is 0 Å². The van der Waals surface area contributed by atoms with Crippen molar-refractivity contribution in [1.29, 1.82) is 0 Å². The zero-order valence-corrected chi connectivity index (χ0v) is 5.71. The lowest BCUT2D eigenvalue weighted by atomic mass is 9.80. The van der Waals surface area contributed by atoms with Crippen molar-refractivity contribution in [2.75, 3.05) is 6.54 Å². The lowest BCUT2D eigenvalue weighted by Crippen LogP contribution is -2.28. The van der Waals surface area contributed by atoms with Crippen molar-refractivity contribution in [2.45, 2.75) is 31.8 Å². The van der Waals surface area contributed by atoms with Gasteiger partial charge in [0.1, 0.15) is 0 Å². The van der Waals surface area contributed by atoms with E-state index in [-0.39, 0.29) is 6.10 Å². The summed E-state index contributed by atoms with van der Waals surface area (Å²) >= 11 is 0. The lowest BCUT2D eigenvalue weighted by molar-refractivity contribution is 0.0577. The second-order valence-corrected chi connectivity index (χ2v) is 2.84. The summed E-state index contributed by atoms with van der Waals surface area (Å²) in [4.78, 5) is 0. The third-order valence-corrected chi connectivity index (χ3v) is 2.16. The smallest absolute Gasteiger partial charge is 0.0580 e. The third-order valence-electron chi connectivity index (χ3n) is 2.16. The molecule has 0 heterocycles. The molecule has 9 heavy (non-hydrogen) atoms. The van der Waals surface area contributed by atoms with Crippen molar-refractivity contribution in [1.82, 2.24) is 0 Å². The average molecular weight is 129 g/mol. The van der Waals surface area contributed by atoms with E-state index in [0.29, 0.717) is 12.5 Å². The first-order valence-electron chi connectivity index (χ1n) is 3.72. The first-order valence-corrected chi connectivity index (χ1v) is 3.72. The molecule has 1 aliphatic rings. The lowest BCUT2D eigenvalue weighted by Gasteiger charge is -2.29. The van der Waals surface area contributed by atoms with Crippen LogP contribution in [0.2, 0.25) is 0 Å². The van der Waals surface area contributed by atoms with Crippen LogP contribution in [-0.2, 0) is 0 Å². The van der Waals surface area contributed by atoms with Gasteiger partial charge in [0, 0.05) is 0 Å². The van der Waals surface area contributed by atoms with Crippen molar-refractivity contribution in [2.24, 2.45) is 11.7 Å². The quantitative estimate of drug-likeness (QED) is 0.582. The highest BCUT2D eigenvalue weighted by Crippen LogP contribution is 2.30. The molecule has 0 aromatic carbocycles. The molecule has 2 nitrogen and oxygen atoms in total. The van der Waals surface area contributed by atoms with Crippen LogP contribution in [0.5, 0.6) is 0 Å². The van der Waals surface area contributed by atoms with Crippen LogP contribution in [0.1, 0.15) is 25.7 Å². The van der Waals surface area contributed by atoms with Crippen LogP contribution in [0.25, 0.3) is 0 Å². The summed E-state index contributed by atoms with van der Waals surface area (Å²) in [7, 11) is 0. The summed E-state index contributed by atoms with van der Waals surface area (Å²) < 4.78 is 0. The summed E-state index contributed by atoms with van der Waals surface area (Å²) in [6.45, 7) is 0.623. The molecule has 1 fully saturated rings. The molecule has 1 aliphatic carbocycles. The second kappa shape index (κ2) is 3.18. The zero-order valence-electron chi connectivity index (χ0n) is 5.71. The van der Waals surface area contributed by atoms with Gasteiger partial charge >= 0.3 is 0 Å². The SMILES string of the molecule is NCCC(O)C1CCC1. The van der Waals surface area contributed by atoms with Gasteiger partial charge in [-0.05, 0) is 31.7 Å². The number of nitrogens with two attached hydrogens (primary N) is 1. The minimum absolute atomic E-state index is 0.108. The predicted molar refractivity (Wildman–Crippen MR) is 37.0 cm³/mol. The molecule has 54 valence electrons. The molecule has 0 aromatic rings. The molecule has 1 atom stereocenters. The van der Waals surface area contributed by atoms with Crippen molar-refractivity contribution in [3.63, 3.8) is 0 Å². The summed E-state index contributed by atoms with van der Waals surface area (Å²) in [6, 6.07) is 0. The molecule has 3 N–H and O–H groups in total. The molecule has 1 unspecified atom stereocenters. The van der Waals surface area contributed by atoms with Crippen LogP contribution < -0.4 is 5.73 Å². The third kappa shape index (κ3) is 1.66. The highest BCUT2D eigenvalue weighted by atomic mass is 16.3. The van der Waals surface area contributed by atoms with Gasteiger partial charge in [0.25, 0.3) is 0 Å².